The van der Waals surface area contributed by atoms with Crippen molar-refractivity contribution in [1.82, 2.24) is 0 Å². The lowest BCUT2D eigenvalue weighted by atomic mass is 10.1. The summed E-state index contributed by atoms with van der Waals surface area (Å²) in [6.45, 7) is 5.24. The highest BCUT2D eigenvalue weighted by molar-refractivity contribution is 5.96. The number of aryl methyl sites for hydroxylation is 1. The fraction of sp³-hybridized carbons (Fsp3) is 0.250. The first-order chi connectivity index (χ1) is 11.9. The average molecular weight is 338 g/mol. The summed E-state index contributed by atoms with van der Waals surface area (Å²) in [6.07, 6.45) is 0.183. The van der Waals surface area contributed by atoms with E-state index >= 15 is 0 Å². The third-order valence-corrected chi connectivity index (χ3v) is 3.83. The maximum atomic E-state index is 12.1. The maximum Gasteiger partial charge on any atom is 0.226 e. The van der Waals surface area contributed by atoms with Crippen LogP contribution in [0.5, 0.6) is 0 Å². The number of nitrogens with one attached hydrogen (secondary N) is 1. The topological polar surface area (TPSA) is 66.5 Å². The van der Waals surface area contributed by atoms with Gasteiger partial charge in [-0.2, -0.15) is 0 Å². The molecule has 1 N–H and O–H groups in total. The van der Waals surface area contributed by atoms with E-state index in [9.17, 15) is 14.4 Å². The normalized spacial score (nSPS) is 10.2. The molecule has 5 heteroatoms. The lowest BCUT2D eigenvalue weighted by Crippen LogP contribution is -2.32. The number of ketones is 1. The molecular formula is C20H22N2O3. The predicted octanol–water partition coefficient (Wildman–Crippen LogP) is 3.58. The lowest BCUT2D eigenvalue weighted by Gasteiger charge is -2.21. The van der Waals surface area contributed by atoms with Gasteiger partial charge in [0, 0.05) is 36.8 Å². The zero-order valence-electron chi connectivity index (χ0n) is 14.7. The largest absolute Gasteiger partial charge is 0.326 e. The second kappa shape index (κ2) is 8.24. The van der Waals surface area contributed by atoms with Crippen LogP contribution >= 0.6 is 0 Å². The van der Waals surface area contributed by atoms with E-state index in [1.54, 1.807) is 29.2 Å². The smallest absolute Gasteiger partial charge is 0.226 e. The third kappa shape index (κ3) is 5.28. The number of anilines is 2. The van der Waals surface area contributed by atoms with Crippen LogP contribution in [-0.2, 0) is 9.59 Å². The molecular weight excluding hydrogens is 316 g/mol. The Morgan fingerprint density at radius 2 is 1.68 bits per heavy atom. The van der Waals surface area contributed by atoms with E-state index < -0.39 is 0 Å². The van der Waals surface area contributed by atoms with Gasteiger partial charge in [0.05, 0.1) is 0 Å². The summed E-state index contributed by atoms with van der Waals surface area (Å²) in [5.74, 6) is -0.313. The van der Waals surface area contributed by atoms with Gasteiger partial charge in [0.25, 0.3) is 0 Å². The molecule has 0 atom stereocenters. The molecule has 2 amide bonds. The number of hydrogen-bond acceptors (Lipinski definition) is 3. The van der Waals surface area contributed by atoms with Crippen LogP contribution in [-0.4, -0.2) is 24.1 Å². The minimum absolute atomic E-state index is 0.0202. The molecule has 0 radical (unpaired) electrons. The number of carbonyl (C=O) groups is 3. The highest BCUT2D eigenvalue weighted by atomic mass is 16.2. The molecule has 0 aliphatic carbocycles. The predicted molar refractivity (Wildman–Crippen MR) is 98.9 cm³/mol. The van der Waals surface area contributed by atoms with Crippen molar-refractivity contribution in [2.45, 2.75) is 27.2 Å². The van der Waals surface area contributed by atoms with Crippen LogP contribution in [0.3, 0.4) is 0 Å². The molecule has 5 nitrogen and oxygen atoms in total. The molecule has 0 unspecified atom stereocenters. The van der Waals surface area contributed by atoms with Gasteiger partial charge in [-0.25, -0.2) is 0 Å². The number of hydrogen-bond donors (Lipinski definition) is 1. The first kappa shape index (κ1) is 18.4. The van der Waals surface area contributed by atoms with Gasteiger partial charge < -0.3 is 10.2 Å². The second-order valence-corrected chi connectivity index (χ2v) is 5.94. The molecule has 2 rings (SSSR count). The molecule has 0 spiro atoms. The molecule has 0 bridgehead atoms. The Bertz CT molecular complexity index is 782. The van der Waals surface area contributed by atoms with Crippen LogP contribution in [0.15, 0.2) is 48.5 Å². The fourth-order valence-corrected chi connectivity index (χ4v) is 2.49. The van der Waals surface area contributed by atoms with Gasteiger partial charge >= 0.3 is 0 Å². The van der Waals surface area contributed by atoms with Crippen molar-refractivity contribution in [2.24, 2.45) is 0 Å². The van der Waals surface area contributed by atoms with E-state index in [0.29, 0.717) is 17.8 Å². The summed E-state index contributed by atoms with van der Waals surface area (Å²) in [5, 5.41) is 2.78. The monoisotopic (exact) mass is 338 g/mol. The summed E-state index contributed by atoms with van der Waals surface area (Å²) < 4.78 is 0. The molecule has 2 aromatic carbocycles. The van der Waals surface area contributed by atoms with E-state index in [-0.39, 0.29) is 24.0 Å². The van der Waals surface area contributed by atoms with Crippen LogP contribution in [0.4, 0.5) is 11.4 Å². The van der Waals surface area contributed by atoms with Crippen molar-refractivity contribution >= 4 is 29.0 Å². The zero-order chi connectivity index (χ0) is 18.4. The third-order valence-electron chi connectivity index (χ3n) is 3.83. The Labute approximate surface area is 147 Å². The Hall–Kier alpha value is -2.95. The first-order valence-corrected chi connectivity index (χ1v) is 8.12. The van der Waals surface area contributed by atoms with E-state index in [4.69, 9.17) is 0 Å². The molecule has 0 saturated heterocycles. The summed E-state index contributed by atoms with van der Waals surface area (Å²) in [4.78, 5) is 36.9. The number of nitrogens with zero attached hydrogens (tertiary/aromatic N) is 1. The zero-order valence-corrected chi connectivity index (χ0v) is 14.7. The van der Waals surface area contributed by atoms with Crippen LogP contribution in [0.25, 0.3) is 0 Å². The average Bonchev–Trinajstić information content (AvgIpc) is 2.55. The molecule has 0 aromatic heterocycles. The standard InChI is InChI=1S/C20H22N2O3/c1-14-5-4-6-19(13-14)22(16(3)24)12-11-20(25)21-18-9-7-17(8-10-18)15(2)23/h4-10,13H,11-12H2,1-3H3,(H,21,25). The second-order valence-electron chi connectivity index (χ2n) is 5.94. The number of carbonyl (C=O) groups excluding carboxylic acids is 3. The van der Waals surface area contributed by atoms with Gasteiger partial charge in [0.2, 0.25) is 11.8 Å². The van der Waals surface area contributed by atoms with Gasteiger partial charge in [0.15, 0.2) is 5.78 Å². The van der Waals surface area contributed by atoms with Gasteiger partial charge in [0.1, 0.15) is 0 Å². The summed E-state index contributed by atoms with van der Waals surface area (Å²) in [7, 11) is 0. The molecule has 2 aromatic rings. The van der Waals surface area contributed by atoms with Crippen LogP contribution in [0.1, 0.15) is 36.2 Å². The Kier molecular flexibility index (Phi) is 6.06. The number of Topliss-reactive ketones (excluding diaryl/α,β-unsaturated/α-hetero) is 1. The van der Waals surface area contributed by atoms with Gasteiger partial charge in [-0.15, -0.1) is 0 Å². The Morgan fingerprint density at radius 3 is 2.24 bits per heavy atom. The van der Waals surface area contributed by atoms with Gasteiger partial charge in [-0.3, -0.25) is 14.4 Å². The summed E-state index contributed by atoms with van der Waals surface area (Å²) >= 11 is 0. The molecule has 130 valence electrons. The fourth-order valence-electron chi connectivity index (χ4n) is 2.49. The molecule has 0 aliphatic rings. The van der Waals surface area contributed by atoms with E-state index in [1.807, 2.05) is 31.2 Å². The SMILES string of the molecule is CC(=O)c1ccc(NC(=O)CCN(C(C)=O)c2cccc(C)c2)cc1. The minimum Gasteiger partial charge on any atom is -0.326 e. The van der Waals surface area contributed by atoms with Crippen LogP contribution in [0.2, 0.25) is 0 Å². The maximum absolute atomic E-state index is 12.1. The number of rotatable bonds is 6. The highest BCUT2D eigenvalue weighted by Gasteiger charge is 2.13. The van der Waals surface area contributed by atoms with Crippen LogP contribution in [0, 0.1) is 6.92 Å². The van der Waals surface area contributed by atoms with Crippen molar-refractivity contribution < 1.29 is 14.4 Å². The highest BCUT2D eigenvalue weighted by Crippen LogP contribution is 2.17. The van der Waals surface area contributed by atoms with E-state index in [1.165, 1.54) is 13.8 Å². The number of benzene rings is 2. The summed E-state index contributed by atoms with van der Waals surface area (Å²) in [6, 6.07) is 14.3. The van der Waals surface area contributed by atoms with Gasteiger partial charge in [-0.1, -0.05) is 12.1 Å². The van der Waals surface area contributed by atoms with Crippen molar-refractivity contribution in [1.29, 1.82) is 0 Å². The quantitative estimate of drug-likeness (QED) is 0.819. The van der Waals surface area contributed by atoms with E-state index in [0.717, 1.165) is 11.3 Å². The van der Waals surface area contributed by atoms with Gasteiger partial charge in [-0.05, 0) is 55.8 Å². The lowest BCUT2D eigenvalue weighted by molar-refractivity contribution is -0.117. The molecule has 0 saturated carbocycles. The summed E-state index contributed by atoms with van der Waals surface area (Å²) in [5.41, 5.74) is 3.06. The number of amides is 2. The van der Waals surface area contributed by atoms with Crippen molar-refractivity contribution in [3.63, 3.8) is 0 Å². The van der Waals surface area contributed by atoms with Crippen molar-refractivity contribution in [2.75, 3.05) is 16.8 Å². The first-order valence-electron chi connectivity index (χ1n) is 8.12. The van der Waals surface area contributed by atoms with Crippen LogP contribution < -0.4 is 10.2 Å². The van der Waals surface area contributed by atoms with Crippen molar-refractivity contribution in [3.05, 3.63) is 59.7 Å². The molecule has 0 fully saturated rings. The Balaban J connectivity index is 1.97. The molecule has 25 heavy (non-hydrogen) atoms. The minimum atomic E-state index is -0.186. The molecule has 0 aliphatic heterocycles. The molecule has 0 heterocycles. The van der Waals surface area contributed by atoms with Crippen molar-refractivity contribution in [3.8, 4) is 0 Å². The Morgan fingerprint density at radius 1 is 1.00 bits per heavy atom. The van der Waals surface area contributed by atoms with E-state index in [2.05, 4.69) is 5.32 Å².